The van der Waals surface area contributed by atoms with Crippen molar-refractivity contribution in [2.75, 3.05) is 0 Å². The van der Waals surface area contributed by atoms with Crippen LogP contribution in [0.1, 0.15) is 33.5 Å². The van der Waals surface area contributed by atoms with E-state index in [-0.39, 0.29) is 5.91 Å². The lowest BCUT2D eigenvalue weighted by Gasteiger charge is -2.08. The average Bonchev–Trinajstić information content (AvgIpc) is 3.24. The van der Waals surface area contributed by atoms with Crippen LogP contribution in [-0.2, 0) is 13.0 Å². The van der Waals surface area contributed by atoms with Gasteiger partial charge >= 0.3 is 0 Å². The topological polar surface area (TPSA) is 50.7 Å². The van der Waals surface area contributed by atoms with Crippen molar-refractivity contribution in [3.63, 3.8) is 0 Å². The van der Waals surface area contributed by atoms with Crippen molar-refractivity contribution in [2.45, 2.75) is 19.4 Å². The van der Waals surface area contributed by atoms with Crippen molar-refractivity contribution in [3.05, 3.63) is 113 Å². The quantitative estimate of drug-likeness (QED) is 0.445. The molecule has 0 unspecified atom stereocenters. The molecule has 5 rings (SSSR count). The van der Waals surface area contributed by atoms with Gasteiger partial charge in [0.15, 0.2) is 0 Å². The fourth-order valence-corrected chi connectivity index (χ4v) is 3.88. The third-order valence-corrected chi connectivity index (χ3v) is 5.59. The first-order valence-electron chi connectivity index (χ1n) is 10.4. The van der Waals surface area contributed by atoms with Crippen LogP contribution in [0.25, 0.3) is 10.8 Å². The fraction of sp³-hybridized carbons (Fsp3) is 0.111. The number of carbonyl (C=O) groups is 1. The summed E-state index contributed by atoms with van der Waals surface area (Å²) in [5.41, 5.74) is 7.62. The molecule has 0 aromatic heterocycles. The summed E-state index contributed by atoms with van der Waals surface area (Å²) in [6.45, 7) is 0.444. The van der Waals surface area contributed by atoms with Gasteiger partial charge in [-0.05, 0) is 59.0 Å². The summed E-state index contributed by atoms with van der Waals surface area (Å²) in [7, 11) is 0. The Morgan fingerprint density at radius 2 is 1.61 bits per heavy atom. The third kappa shape index (κ3) is 4.19. The van der Waals surface area contributed by atoms with Crippen LogP contribution in [0.15, 0.2) is 96.1 Å². The minimum absolute atomic E-state index is 0.209. The molecule has 4 aromatic carbocycles. The van der Waals surface area contributed by atoms with Gasteiger partial charge in [0.25, 0.3) is 5.91 Å². The summed E-state index contributed by atoms with van der Waals surface area (Å²) < 4.78 is 5.93. The van der Waals surface area contributed by atoms with Crippen LogP contribution in [0.3, 0.4) is 0 Å². The summed E-state index contributed by atoms with van der Waals surface area (Å²) in [5, 5.41) is 6.70. The van der Waals surface area contributed by atoms with Crippen LogP contribution in [0.2, 0.25) is 0 Å². The van der Waals surface area contributed by atoms with Gasteiger partial charge in [-0.3, -0.25) is 4.79 Å². The number of hydrazone groups is 1. The molecule has 152 valence electrons. The summed E-state index contributed by atoms with van der Waals surface area (Å²) in [6, 6.07) is 29.9. The van der Waals surface area contributed by atoms with Crippen molar-refractivity contribution in [1.82, 2.24) is 5.43 Å². The summed E-state index contributed by atoms with van der Waals surface area (Å²) in [4.78, 5) is 12.5. The molecule has 0 heterocycles. The highest BCUT2D eigenvalue weighted by Crippen LogP contribution is 2.22. The molecule has 0 atom stereocenters. The number of nitrogens with zero attached hydrogens (tertiary/aromatic N) is 1. The molecule has 1 aliphatic carbocycles. The van der Waals surface area contributed by atoms with E-state index in [1.54, 1.807) is 12.1 Å². The average molecular weight is 406 g/mol. The van der Waals surface area contributed by atoms with Gasteiger partial charge < -0.3 is 4.74 Å². The van der Waals surface area contributed by atoms with E-state index in [0.717, 1.165) is 40.8 Å². The Kier molecular flexibility index (Phi) is 5.19. The first-order chi connectivity index (χ1) is 15.3. The number of rotatable bonds is 5. The van der Waals surface area contributed by atoms with Crippen molar-refractivity contribution in [1.29, 1.82) is 0 Å². The Labute approximate surface area is 181 Å². The number of hydrogen-bond donors (Lipinski definition) is 1. The lowest BCUT2D eigenvalue weighted by molar-refractivity contribution is 0.0954. The zero-order valence-corrected chi connectivity index (χ0v) is 17.0. The molecule has 0 saturated carbocycles. The van der Waals surface area contributed by atoms with E-state index in [0.29, 0.717) is 12.2 Å². The van der Waals surface area contributed by atoms with Gasteiger partial charge in [-0.25, -0.2) is 5.43 Å². The summed E-state index contributed by atoms with van der Waals surface area (Å²) >= 11 is 0. The number of hydrogen-bond acceptors (Lipinski definition) is 3. The maximum Gasteiger partial charge on any atom is 0.271 e. The molecule has 0 fully saturated rings. The highest BCUT2D eigenvalue weighted by atomic mass is 16.5. The minimum Gasteiger partial charge on any atom is -0.489 e. The molecule has 1 N–H and O–H groups in total. The number of ether oxygens (including phenoxy) is 1. The van der Waals surface area contributed by atoms with Crippen molar-refractivity contribution < 1.29 is 9.53 Å². The van der Waals surface area contributed by atoms with Gasteiger partial charge in [-0.1, -0.05) is 66.7 Å². The molecule has 1 aliphatic rings. The SMILES string of the molecule is O=C(NN=C1CCc2ccccc21)c1ccc(COc2ccc3ccccc3c2)cc1. The fourth-order valence-electron chi connectivity index (χ4n) is 3.88. The molecule has 4 nitrogen and oxygen atoms in total. The molecule has 0 radical (unpaired) electrons. The van der Waals surface area contributed by atoms with Crippen LogP contribution >= 0.6 is 0 Å². The van der Waals surface area contributed by atoms with E-state index < -0.39 is 0 Å². The number of aryl methyl sites for hydroxylation is 1. The van der Waals surface area contributed by atoms with Crippen LogP contribution < -0.4 is 10.2 Å². The summed E-state index contributed by atoms with van der Waals surface area (Å²) in [6.07, 6.45) is 1.82. The molecular formula is C27H22N2O2. The van der Waals surface area contributed by atoms with Crippen molar-refractivity contribution in [3.8, 4) is 5.75 Å². The highest BCUT2D eigenvalue weighted by molar-refractivity contribution is 6.05. The minimum atomic E-state index is -0.209. The van der Waals surface area contributed by atoms with Gasteiger partial charge in [0, 0.05) is 11.1 Å². The highest BCUT2D eigenvalue weighted by Gasteiger charge is 2.17. The van der Waals surface area contributed by atoms with E-state index in [1.165, 1.54) is 10.9 Å². The molecule has 1 amide bonds. The van der Waals surface area contributed by atoms with Crippen LogP contribution in [0.5, 0.6) is 5.75 Å². The second-order valence-electron chi connectivity index (χ2n) is 7.65. The van der Waals surface area contributed by atoms with Gasteiger partial charge in [-0.2, -0.15) is 5.10 Å². The van der Waals surface area contributed by atoms with Crippen molar-refractivity contribution >= 4 is 22.4 Å². The molecule has 0 saturated heterocycles. The Hall–Kier alpha value is -3.92. The maximum absolute atomic E-state index is 12.5. The molecule has 0 aliphatic heterocycles. The smallest absolute Gasteiger partial charge is 0.271 e. The third-order valence-electron chi connectivity index (χ3n) is 5.59. The predicted molar refractivity (Wildman–Crippen MR) is 123 cm³/mol. The van der Waals surface area contributed by atoms with E-state index in [4.69, 9.17) is 4.74 Å². The largest absolute Gasteiger partial charge is 0.489 e. The van der Waals surface area contributed by atoms with Crippen molar-refractivity contribution in [2.24, 2.45) is 5.10 Å². The van der Waals surface area contributed by atoms with Gasteiger partial charge in [0.1, 0.15) is 12.4 Å². The van der Waals surface area contributed by atoms with E-state index in [9.17, 15) is 4.79 Å². The van der Waals surface area contributed by atoms with E-state index >= 15 is 0 Å². The number of amides is 1. The lowest BCUT2D eigenvalue weighted by atomic mass is 10.1. The Bertz CT molecular complexity index is 1280. The number of carbonyl (C=O) groups excluding carboxylic acids is 1. The summed E-state index contributed by atoms with van der Waals surface area (Å²) in [5.74, 6) is 0.618. The maximum atomic E-state index is 12.5. The second-order valence-corrected chi connectivity index (χ2v) is 7.65. The normalized spacial score (nSPS) is 13.9. The van der Waals surface area contributed by atoms with Crippen LogP contribution in [0.4, 0.5) is 0 Å². The van der Waals surface area contributed by atoms with Gasteiger partial charge in [-0.15, -0.1) is 0 Å². The first kappa shape index (κ1) is 19.1. The second kappa shape index (κ2) is 8.44. The first-order valence-corrected chi connectivity index (χ1v) is 10.4. The Morgan fingerprint density at radius 1 is 0.839 bits per heavy atom. The van der Waals surface area contributed by atoms with Gasteiger partial charge in [0.05, 0.1) is 5.71 Å². The zero-order chi connectivity index (χ0) is 21.0. The molecule has 31 heavy (non-hydrogen) atoms. The number of benzene rings is 4. The molecule has 0 spiro atoms. The van der Waals surface area contributed by atoms with E-state index in [2.05, 4.69) is 40.9 Å². The van der Waals surface area contributed by atoms with Crippen LogP contribution in [-0.4, -0.2) is 11.6 Å². The Morgan fingerprint density at radius 3 is 2.48 bits per heavy atom. The number of fused-ring (bicyclic) bond motifs is 2. The molecule has 0 bridgehead atoms. The monoisotopic (exact) mass is 406 g/mol. The van der Waals surface area contributed by atoms with Crippen LogP contribution in [0, 0.1) is 0 Å². The zero-order valence-electron chi connectivity index (χ0n) is 17.0. The van der Waals surface area contributed by atoms with E-state index in [1.807, 2.05) is 48.5 Å². The number of nitrogens with one attached hydrogen (secondary N) is 1. The molecular weight excluding hydrogens is 384 g/mol. The standard InChI is InChI=1S/C27H22N2O2/c30-27(29-28-26-16-14-21-6-3-4-8-25(21)26)22-11-9-19(10-12-22)18-31-24-15-13-20-5-1-2-7-23(20)17-24/h1-13,15,17H,14,16,18H2,(H,29,30). The molecule has 4 heteroatoms. The molecule has 4 aromatic rings. The lowest BCUT2D eigenvalue weighted by Crippen LogP contribution is -2.19. The predicted octanol–water partition coefficient (Wildman–Crippen LogP) is 5.50. The van der Waals surface area contributed by atoms with Gasteiger partial charge in [0.2, 0.25) is 0 Å². The Balaban J connectivity index is 1.20.